The van der Waals surface area contributed by atoms with Gasteiger partial charge in [-0.15, -0.1) is 0 Å². The van der Waals surface area contributed by atoms with Crippen molar-refractivity contribution in [1.29, 1.82) is 0 Å². The van der Waals surface area contributed by atoms with E-state index in [2.05, 4.69) is 48.5 Å². The number of carbonyl (C=O) groups is 3. The first-order valence-corrected chi connectivity index (χ1v) is 12.5. The molecule has 1 heterocycles. The highest BCUT2D eigenvalue weighted by atomic mass is 16.6. The molecular formula is C29H37NO5. The summed E-state index contributed by atoms with van der Waals surface area (Å²) in [5, 5.41) is 0. The van der Waals surface area contributed by atoms with Crippen LogP contribution in [0.5, 0.6) is 0 Å². The number of imide groups is 1. The topological polar surface area (TPSA) is 72.9 Å². The Kier molecular flexibility index (Phi) is 9.07. The molecule has 0 aromatic heterocycles. The van der Waals surface area contributed by atoms with Gasteiger partial charge < -0.3 is 9.47 Å². The van der Waals surface area contributed by atoms with Crippen LogP contribution in [-0.4, -0.2) is 41.1 Å². The van der Waals surface area contributed by atoms with Crippen molar-refractivity contribution in [2.45, 2.75) is 77.4 Å². The summed E-state index contributed by atoms with van der Waals surface area (Å²) in [7, 11) is 0. The number of nitrogens with zero attached hydrogens (tertiary/aromatic N) is 1. The van der Waals surface area contributed by atoms with Crippen LogP contribution in [0.2, 0.25) is 0 Å². The Bertz CT molecular complexity index is 944. The van der Waals surface area contributed by atoms with E-state index in [4.69, 9.17) is 9.47 Å². The summed E-state index contributed by atoms with van der Waals surface area (Å²) in [4.78, 5) is 39.4. The highest BCUT2D eigenvalue weighted by molar-refractivity contribution is 6.00. The van der Waals surface area contributed by atoms with Crippen LogP contribution in [0.25, 0.3) is 0 Å². The van der Waals surface area contributed by atoms with Crippen LogP contribution >= 0.6 is 0 Å². The number of hydrogen-bond acceptors (Lipinski definition) is 5. The van der Waals surface area contributed by atoms with Crippen LogP contribution in [0.3, 0.4) is 0 Å². The van der Waals surface area contributed by atoms with Gasteiger partial charge in [0.05, 0.1) is 6.61 Å². The van der Waals surface area contributed by atoms with Gasteiger partial charge in [0.25, 0.3) is 0 Å². The molecule has 3 rings (SSSR count). The van der Waals surface area contributed by atoms with Crippen LogP contribution in [0.4, 0.5) is 4.79 Å². The van der Waals surface area contributed by atoms with E-state index in [-0.39, 0.29) is 24.9 Å². The lowest BCUT2D eigenvalue weighted by atomic mass is 9.86. The van der Waals surface area contributed by atoms with E-state index in [0.29, 0.717) is 6.42 Å². The summed E-state index contributed by atoms with van der Waals surface area (Å²) in [6.07, 6.45) is 2.81. The summed E-state index contributed by atoms with van der Waals surface area (Å²) in [6, 6.07) is 20.0. The fourth-order valence-corrected chi connectivity index (χ4v) is 4.67. The molecule has 0 spiro atoms. The monoisotopic (exact) mass is 479 g/mol. The number of likely N-dealkylation sites (tertiary alicyclic amines) is 1. The first kappa shape index (κ1) is 26.5. The van der Waals surface area contributed by atoms with E-state index < -0.39 is 29.6 Å². The molecule has 1 aliphatic rings. The van der Waals surface area contributed by atoms with Gasteiger partial charge in [0.1, 0.15) is 11.6 Å². The third-order valence-corrected chi connectivity index (χ3v) is 6.25. The maximum Gasteiger partial charge on any atom is 0.417 e. The maximum absolute atomic E-state index is 13.1. The average Bonchev–Trinajstić information content (AvgIpc) is 3.15. The molecule has 2 amide bonds. The Balaban J connectivity index is 1.64. The van der Waals surface area contributed by atoms with Gasteiger partial charge in [0.15, 0.2) is 0 Å². The van der Waals surface area contributed by atoms with Crippen molar-refractivity contribution in [3.8, 4) is 0 Å². The quantitative estimate of drug-likeness (QED) is 0.321. The van der Waals surface area contributed by atoms with Crippen molar-refractivity contribution in [3.63, 3.8) is 0 Å². The molecule has 1 fully saturated rings. The third-order valence-electron chi connectivity index (χ3n) is 6.25. The molecule has 0 aliphatic carbocycles. The summed E-state index contributed by atoms with van der Waals surface area (Å²) in [5.74, 6) is -1.02. The summed E-state index contributed by atoms with van der Waals surface area (Å²) < 4.78 is 10.6. The van der Waals surface area contributed by atoms with Crippen molar-refractivity contribution in [2.75, 3.05) is 6.61 Å². The zero-order valence-electron chi connectivity index (χ0n) is 21.2. The predicted octanol–water partition coefficient (Wildman–Crippen LogP) is 6.09. The van der Waals surface area contributed by atoms with Gasteiger partial charge in [-0.05, 0) is 58.1 Å². The van der Waals surface area contributed by atoms with E-state index in [1.807, 2.05) is 12.1 Å². The molecule has 35 heavy (non-hydrogen) atoms. The normalized spacial score (nSPS) is 18.1. The lowest BCUT2D eigenvalue weighted by Gasteiger charge is -2.26. The lowest BCUT2D eigenvalue weighted by molar-refractivity contribution is -0.151. The molecule has 2 aromatic carbocycles. The number of unbranched alkanes of at least 4 members (excludes halogenated alkanes) is 1. The molecule has 1 saturated heterocycles. The van der Waals surface area contributed by atoms with Gasteiger partial charge in [-0.1, -0.05) is 73.5 Å². The van der Waals surface area contributed by atoms with E-state index in [1.165, 1.54) is 11.1 Å². The second-order valence-electron chi connectivity index (χ2n) is 10.0. The highest BCUT2D eigenvalue weighted by Gasteiger charge is 2.48. The minimum atomic E-state index is -0.927. The zero-order chi connectivity index (χ0) is 25.4. The minimum Gasteiger partial charge on any atom is -0.464 e. The number of ether oxygens (including phenoxy) is 2. The number of carbonyl (C=O) groups excluding carboxylic acids is 3. The molecule has 2 atom stereocenters. The van der Waals surface area contributed by atoms with E-state index in [0.717, 1.165) is 24.2 Å². The van der Waals surface area contributed by atoms with Gasteiger partial charge in [0, 0.05) is 11.8 Å². The Labute approximate surface area is 208 Å². The predicted molar refractivity (Wildman–Crippen MR) is 135 cm³/mol. The van der Waals surface area contributed by atoms with Crippen molar-refractivity contribution < 1.29 is 23.9 Å². The van der Waals surface area contributed by atoms with E-state index in [9.17, 15) is 14.4 Å². The van der Waals surface area contributed by atoms with Gasteiger partial charge in [-0.2, -0.15) is 0 Å². The summed E-state index contributed by atoms with van der Waals surface area (Å²) in [5.41, 5.74) is 1.78. The average molecular weight is 480 g/mol. The SMILES string of the molecule is CCOC(=O)[C@@H]1C[C@H](CCCCC(c2ccccc2)c2ccccc2)C(=O)N1C(=O)OC(C)(C)C. The van der Waals surface area contributed by atoms with Crippen LogP contribution in [0, 0.1) is 5.92 Å². The Morgan fingerprint density at radius 3 is 2.06 bits per heavy atom. The number of benzene rings is 2. The molecular weight excluding hydrogens is 442 g/mol. The molecule has 6 heteroatoms. The number of rotatable bonds is 9. The Hall–Kier alpha value is -3.15. The first-order chi connectivity index (χ1) is 16.7. The highest BCUT2D eigenvalue weighted by Crippen LogP contribution is 2.33. The second kappa shape index (κ2) is 12.0. The molecule has 6 nitrogen and oxygen atoms in total. The fourth-order valence-electron chi connectivity index (χ4n) is 4.67. The second-order valence-corrected chi connectivity index (χ2v) is 10.0. The van der Waals surface area contributed by atoms with Crippen LogP contribution in [0.1, 0.15) is 76.8 Å². The van der Waals surface area contributed by atoms with Crippen LogP contribution in [0.15, 0.2) is 60.7 Å². The van der Waals surface area contributed by atoms with Crippen molar-refractivity contribution in [3.05, 3.63) is 71.8 Å². The van der Waals surface area contributed by atoms with Crippen LogP contribution in [-0.2, 0) is 19.1 Å². The lowest BCUT2D eigenvalue weighted by Crippen LogP contribution is -2.46. The molecule has 0 bridgehead atoms. The Morgan fingerprint density at radius 1 is 0.971 bits per heavy atom. The van der Waals surface area contributed by atoms with Crippen molar-refractivity contribution in [1.82, 2.24) is 4.90 Å². The van der Waals surface area contributed by atoms with Gasteiger partial charge in [0.2, 0.25) is 5.91 Å². The van der Waals surface area contributed by atoms with Crippen molar-refractivity contribution >= 4 is 18.0 Å². The summed E-state index contributed by atoms with van der Waals surface area (Å²) in [6.45, 7) is 7.10. The fraction of sp³-hybridized carbons (Fsp3) is 0.483. The summed E-state index contributed by atoms with van der Waals surface area (Å²) >= 11 is 0. The minimum absolute atomic E-state index is 0.191. The van der Waals surface area contributed by atoms with Crippen molar-refractivity contribution in [2.24, 2.45) is 5.92 Å². The van der Waals surface area contributed by atoms with Crippen LogP contribution < -0.4 is 0 Å². The number of esters is 1. The third kappa shape index (κ3) is 7.17. The van der Waals surface area contributed by atoms with Gasteiger partial charge in [-0.3, -0.25) is 4.79 Å². The van der Waals surface area contributed by atoms with E-state index in [1.54, 1.807) is 27.7 Å². The zero-order valence-corrected chi connectivity index (χ0v) is 21.2. The molecule has 0 N–H and O–H groups in total. The molecule has 2 aromatic rings. The van der Waals surface area contributed by atoms with Gasteiger partial charge >= 0.3 is 12.1 Å². The number of amides is 2. The van der Waals surface area contributed by atoms with Gasteiger partial charge in [-0.25, -0.2) is 14.5 Å². The molecule has 188 valence electrons. The van der Waals surface area contributed by atoms with E-state index >= 15 is 0 Å². The molecule has 0 saturated carbocycles. The molecule has 1 aliphatic heterocycles. The molecule has 0 unspecified atom stereocenters. The Morgan fingerprint density at radius 2 is 1.54 bits per heavy atom. The number of hydrogen-bond donors (Lipinski definition) is 0. The molecule has 0 radical (unpaired) electrons. The largest absolute Gasteiger partial charge is 0.464 e. The first-order valence-electron chi connectivity index (χ1n) is 12.5. The smallest absolute Gasteiger partial charge is 0.417 e. The maximum atomic E-state index is 13.1. The standard InChI is InChI=1S/C29H37NO5/c1-5-34-27(32)25-20-23(26(31)30(25)28(33)35-29(2,3)4)18-12-13-19-24(21-14-8-6-9-15-21)22-16-10-7-11-17-22/h6-11,14-17,23-25H,5,12-13,18-20H2,1-4H3/t23-,25-/m0/s1.